The first-order chi connectivity index (χ1) is 18.2. The molecule has 0 radical (unpaired) electrons. The number of phenolic OH excluding ortho intramolecular Hbond substituents is 1. The molecule has 0 amide bonds. The zero-order valence-corrected chi connectivity index (χ0v) is 19.9. The Kier molecular flexibility index (Phi) is 6.50. The largest absolute Gasteiger partial charge is 0.573 e. The maximum Gasteiger partial charge on any atom is 0.573 e. The lowest BCUT2D eigenvalue weighted by molar-refractivity contribution is -0.274. The second-order valence-electron chi connectivity index (χ2n) is 8.35. The number of benzene rings is 3. The lowest BCUT2D eigenvalue weighted by Gasteiger charge is -2.11. The zero-order chi connectivity index (χ0) is 26.9. The van der Waals surface area contributed by atoms with Crippen molar-refractivity contribution in [3.63, 3.8) is 0 Å². The molecule has 8 nitrogen and oxygen atoms in total. The number of phenols is 1. The molecule has 0 atom stereocenters. The molecule has 0 aliphatic rings. The maximum atomic E-state index is 12.7. The number of aromatic hydroxyl groups is 1. The van der Waals surface area contributed by atoms with Crippen molar-refractivity contribution in [1.29, 1.82) is 0 Å². The number of hydrogen-bond acceptors (Lipinski definition) is 8. The molecule has 0 aliphatic heterocycles. The third kappa shape index (κ3) is 5.46. The van der Waals surface area contributed by atoms with Crippen molar-refractivity contribution in [2.24, 2.45) is 0 Å². The number of aryl methyl sites for hydroxylation is 1. The maximum absolute atomic E-state index is 12.7. The minimum Gasteiger partial charge on any atom is -0.508 e. The molecule has 38 heavy (non-hydrogen) atoms. The van der Waals surface area contributed by atoms with Crippen LogP contribution in [-0.4, -0.2) is 21.7 Å². The van der Waals surface area contributed by atoms with E-state index in [-0.39, 0.29) is 23.9 Å². The van der Waals surface area contributed by atoms with Gasteiger partial charge in [0.05, 0.1) is 0 Å². The van der Waals surface area contributed by atoms with E-state index in [0.29, 0.717) is 28.8 Å². The van der Waals surface area contributed by atoms with Crippen LogP contribution in [0.2, 0.25) is 0 Å². The van der Waals surface area contributed by atoms with Crippen LogP contribution in [0.4, 0.5) is 19.2 Å². The van der Waals surface area contributed by atoms with E-state index in [1.54, 1.807) is 42.5 Å². The van der Waals surface area contributed by atoms with Crippen molar-refractivity contribution in [3.8, 4) is 34.1 Å². The summed E-state index contributed by atoms with van der Waals surface area (Å²) in [7, 11) is 0. The number of rotatable bonds is 7. The molecular formula is C27H20F3N3O5. The summed E-state index contributed by atoms with van der Waals surface area (Å²) in [5, 5.41) is 21.4. The fraction of sp³-hybridized carbons (Fsp3) is 0.148. The van der Waals surface area contributed by atoms with E-state index in [2.05, 4.69) is 20.3 Å². The SMILES string of the molecule is CCc1cc(O)ccc1-c1nnc(NCc2ccc3c(-c4cccc(OC(F)(F)F)c4)cc(=O)oc3c2)o1. The van der Waals surface area contributed by atoms with Crippen molar-refractivity contribution in [3.05, 3.63) is 88.3 Å². The highest BCUT2D eigenvalue weighted by atomic mass is 19.4. The number of nitrogens with one attached hydrogen (secondary N) is 1. The van der Waals surface area contributed by atoms with Crippen molar-refractivity contribution >= 4 is 17.0 Å². The Morgan fingerprint density at radius 3 is 2.61 bits per heavy atom. The van der Waals surface area contributed by atoms with Gasteiger partial charge in [0.15, 0.2) is 0 Å². The third-order valence-electron chi connectivity index (χ3n) is 5.76. The summed E-state index contributed by atoms with van der Waals surface area (Å²) in [6.45, 7) is 2.21. The van der Waals surface area contributed by atoms with E-state index < -0.39 is 17.7 Å². The van der Waals surface area contributed by atoms with E-state index in [9.17, 15) is 23.1 Å². The van der Waals surface area contributed by atoms with Gasteiger partial charge in [0, 0.05) is 23.6 Å². The van der Waals surface area contributed by atoms with Gasteiger partial charge in [0.2, 0.25) is 5.89 Å². The van der Waals surface area contributed by atoms with Crippen LogP contribution in [0.25, 0.3) is 33.6 Å². The molecule has 2 heterocycles. The van der Waals surface area contributed by atoms with Gasteiger partial charge in [-0.3, -0.25) is 0 Å². The Labute approximate surface area is 213 Å². The summed E-state index contributed by atoms with van der Waals surface area (Å²) < 4.78 is 53.0. The van der Waals surface area contributed by atoms with Gasteiger partial charge >= 0.3 is 18.0 Å². The minimum absolute atomic E-state index is 0.150. The van der Waals surface area contributed by atoms with Gasteiger partial charge in [-0.25, -0.2) is 4.79 Å². The lowest BCUT2D eigenvalue weighted by atomic mass is 10.0. The van der Waals surface area contributed by atoms with Crippen LogP contribution in [-0.2, 0) is 13.0 Å². The predicted octanol–water partition coefficient (Wildman–Crippen LogP) is 6.29. The van der Waals surface area contributed by atoms with Crippen LogP contribution in [0.3, 0.4) is 0 Å². The summed E-state index contributed by atoms with van der Waals surface area (Å²) >= 11 is 0. The first-order valence-electron chi connectivity index (χ1n) is 11.5. The molecule has 0 bridgehead atoms. The smallest absolute Gasteiger partial charge is 0.508 e. The molecule has 0 spiro atoms. The molecule has 0 saturated heterocycles. The number of anilines is 1. The van der Waals surface area contributed by atoms with Crippen LogP contribution < -0.4 is 15.7 Å². The standard InChI is InChI=1S/C27H20F3N3O5/c1-2-16-11-18(34)7-9-20(16)25-32-33-26(37-25)31-14-15-6-8-21-22(13-24(35)36-23(21)10-15)17-4-3-5-19(12-17)38-27(28,29)30/h3-13,34H,2,14H2,1H3,(H,31,33). The normalized spacial score (nSPS) is 11.6. The van der Waals surface area contributed by atoms with Gasteiger partial charge in [-0.15, -0.1) is 18.3 Å². The fourth-order valence-corrected chi connectivity index (χ4v) is 4.08. The van der Waals surface area contributed by atoms with Gasteiger partial charge in [-0.1, -0.05) is 36.3 Å². The van der Waals surface area contributed by atoms with Crippen molar-refractivity contribution in [2.75, 3.05) is 5.32 Å². The predicted molar refractivity (Wildman–Crippen MR) is 133 cm³/mol. The quantitative estimate of drug-likeness (QED) is 0.240. The van der Waals surface area contributed by atoms with Gasteiger partial charge < -0.3 is 24.0 Å². The average Bonchev–Trinajstić information content (AvgIpc) is 3.34. The number of halogens is 3. The monoisotopic (exact) mass is 523 g/mol. The number of fused-ring (bicyclic) bond motifs is 1. The molecular weight excluding hydrogens is 503 g/mol. The number of nitrogens with zero attached hydrogens (tertiary/aromatic N) is 2. The Morgan fingerprint density at radius 2 is 1.82 bits per heavy atom. The Hall–Kier alpha value is -4.80. The van der Waals surface area contributed by atoms with E-state index in [0.717, 1.165) is 16.7 Å². The molecule has 2 aromatic heterocycles. The van der Waals surface area contributed by atoms with Gasteiger partial charge in [-0.2, -0.15) is 0 Å². The van der Waals surface area contributed by atoms with E-state index in [1.807, 2.05) is 6.92 Å². The zero-order valence-electron chi connectivity index (χ0n) is 19.9. The Balaban J connectivity index is 1.38. The molecule has 3 aromatic carbocycles. The molecule has 0 saturated carbocycles. The van der Waals surface area contributed by atoms with Crippen LogP contribution >= 0.6 is 0 Å². The first-order valence-corrected chi connectivity index (χ1v) is 11.5. The fourth-order valence-electron chi connectivity index (χ4n) is 4.08. The molecule has 0 unspecified atom stereocenters. The van der Waals surface area contributed by atoms with E-state index in [1.165, 1.54) is 24.3 Å². The second kappa shape index (κ2) is 9.92. The summed E-state index contributed by atoms with van der Waals surface area (Å²) in [5.41, 5.74) is 2.69. The summed E-state index contributed by atoms with van der Waals surface area (Å²) in [5.74, 6) is 0.0571. The van der Waals surface area contributed by atoms with E-state index in [4.69, 9.17) is 8.83 Å². The molecule has 2 N–H and O–H groups in total. The van der Waals surface area contributed by atoms with Gasteiger partial charge in [-0.05, 0) is 65.1 Å². The van der Waals surface area contributed by atoms with E-state index >= 15 is 0 Å². The molecule has 194 valence electrons. The Bertz CT molecular complexity index is 1680. The molecule has 0 aliphatic carbocycles. The number of aromatic nitrogens is 2. The highest BCUT2D eigenvalue weighted by Gasteiger charge is 2.31. The Morgan fingerprint density at radius 1 is 0.974 bits per heavy atom. The number of alkyl halides is 3. The summed E-state index contributed by atoms with van der Waals surface area (Å²) in [4.78, 5) is 12.3. The minimum atomic E-state index is -4.83. The highest BCUT2D eigenvalue weighted by Crippen LogP contribution is 2.32. The lowest BCUT2D eigenvalue weighted by Crippen LogP contribution is -2.17. The number of ether oxygens (including phenoxy) is 1. The first kappa shape index (κ1) is 24.9. The van der Waals surface area contributed by atoms with Crippen LogP contribution in [0.15, 0.2) is 80.4 Å². The summed E-state index contributed by atoms with van der Waals surface area (Å²) in [6.07, 6.45) is -4.17. The highest BCUT2D eigenvalue weighted by molar-refractivity contribution is 5.93. The van der Waals surface area contributed by atoms with Crippen molar-refractivity contribution in [1.82, 2.24) is 10.2 Å². The molecule has 0 fully saturated rings. The summed E-state index contributed by atoms with van der Waals surface area (Å²) in [6, 6.07) is 16.8. The average molecular weight is 523 g/mol. The van der Waals surface area contributed by atoms with Crippen LogP contribution in [0.5, 0.6) is 11.5 Å². The number of hydrogen-bond donors (Lipinski definition) is 2. The van der Waals surface area contributed by atoms with Crippen LogP contribution in [0, 0.1) is 0 Å². The topological polar surface area (TPSA) is 111 Å². The third-order valence-corrected chi connectivity index (χ3v) is 5.76. The van der Waals surface area contributed by atoms with Gasteiger partial charge in [0.1, 0.15) is 17.1 Å². The molecule has 5 aromatic rings. The van der Waals surface area contributed by atoms with Gasteiger partial charge in [0.25, 0.3) is 0 Å². The van der Waals surface area contributed by atoms with Crippen molar-refractivity contribution < 1.29 is 31.8 Å². The molecule has 11 heteroatoms. The van der Waals surface area contributed by atoms with Crippen molar-refractivity contribution in [2.45, 2.75) is 26.3 Å². The molecule has 5 rings (SSSR count). The van der Waals surface area contributed by atoms with Crippen LogP contribution in [0.1, 0.15) is 18.1 Å². The second-order valence-corrected chi connectivity index (χ2v) is 8.35.